The molecule has 1 atom stereocenters. The van der Waals surface area contributed by atoms with Gasteiger partial charge in [-0.25, -0.2) is 4.79 Å². The third-order valence-electron chi connectivity index (χ3n) is 5.27. The Hall–Kier alpha value is -4.47. The summed E-state index contributed by atoms with van der Waals surface area (Å²) >= 11 is 0. The minimum Gasteiger partial charge on any atom is -0.463 e. The Morgan fingerprint density at radius 2 is 2.06 bits per heavy atom. The molecule has 168 valence electrons. The van der Waals surface area contributed by atoms with Crippen LogP contribution in [0.1, 0.15) is 25.3 Å². The zero-order valence-corrected chi connectivity index (χ0v) is 17.8. The molecule has 2 heterocycles. The van der Waals surface area contributed by atoms with Gasteiger partial charge < -0.3 is 20.1 Å². The predicted molar refractivity (Wildman–Crippen MR) is 120 cm³/mol. The molecule has 0 radical (unpaired) electrons. The number of carbonyl (C=O) groups excluding carboxylic acids is 2. The minimum atomic E-state index is -0.670. The van der Waals surface area contributed by atoms with Crippen molar-refractivity contribution in [2.24, 2.45) is 4.99 Å². The Bertz CT molecular complexity index is 1250. The molecule has 0 bridgehead atoms. The Kier molecular flexibility index (Phi) is 5.90. The predicted octanol–water partition coefficient (Wildman–Crippen LogP) is 3.69. The second kappa shape index (κ2) is 8.95. The Morgan fingerprint density at radius 3 is 2.79 bits per heavy atom. The summed E-state index contributed by atoms with van der Waals surface area (Å²) in [4.78, 5) is 39.0. The monoisotopic (exact) mass is 448 g/mol. The van der Waals surface area contributed by atoms with Crippen molar-refractivity contribution < 1.29 is 24.0 Å². The SMILES string of the molecule is CCOC(=O)C1=C(C)NC2=C(C=Nc3cc(OC=O)ccc3N2)[C@H]1c1cccc([N+](=O)[O-])c1. The average Bonchev–Trinajstić information content (AvgIpc) is 2.97. The summed E-state index contributed by atoms with van der Waals surface area (Å²) in [5.74, 6) is -0.297. The molecule has 0 aromatic heterocycles. The van der Waals surface area contributed by atoms with Crippen molar-refractivity contribution in [2.75, 3.05) is 11.9 Å². The van der Waals surface area contributed by atoms with Gasteiger partial charge in [0.25, 0.3) is 12.2 Å². The zero-order valence-electron chi connectivity index (χ0n) is 17.8. The summed E-state index contributed by atoms with van der Waals surface area (Å²) < 4.78 is 10.2. The standard InChI is InChI=1S/C23H20N4O6/c1-3-32-23(29)20-13(2)25-22-17(21(20)14-5-4-6-15(9-14)27(30)31)11-24-19-10-16(33-12-28)7-8-18(19)26-22/h4-12,21,25-26H,3H2,1-2H3/t21-/m1/s1. The quantitative estimate of drug-likeness (QED) is 0.296. The maximum atomic E-state index is 12.9. The molecule has 0 saturated carbocycles. The van der Waals surface area contributed by atoms with Crippen molar-refractivity contribution in [1.82, 2.24) is 5.32 Å². The maximum Gasteiger partial charge on any atom is 0.336 e. The van der Waals surface area contributed by atoms with Crippen LogP contribution in [0.2, 0.25) is 0 Å². The largest absolute Gasteiger partial charge is 0.463 e. The first-order valence-electron chi connectivity index (χ1n) is 10.1. The summed E-state index contributed by atoms with van der Waals surface area (Å²) in [6.07, 6.45) is 1.58. The van der Waals surface area contributed by atoms with E-state index in [2.05, 4.69) is 15.6 Å². The molecule has 0 spiro atoms. The number of nitro benzene ring substituents is 1. The number of allylic oxidation sites excluding steroid dienone is 2. The van der Waals surface area contributed by atoms with Gasteiger partial charge in [0.2, 0.25) is 0 Å². The van der Waals surface area contributed by atoms with Gasteiger partial charge >= 0.3 is 5.97 Å². The molecular weight excluding hydrogens is 428 g/mol. The van der Waals surface area contributed by atoms with Crippen molar-refractivity contribution in [3.05, 3.63) is 80.8 Å². The number of nitro groups is 1. The van der Waals surface area contributed by atoms with Gasteiger partial charge in [0, 0.05) is 41.6 Å². The molecule has 0 amide bonds. The highest BCUT2D eigenvalue weighted by Crippen LogP contribution is 2.42. The van der Waals surface area contributed by atoms with Crippen LogP contribution in [0.5, 0.6) is 5.75 Å². The number of hydrogen-bond donors (Lipinski definition) is 2. The second-order valence-electron chi connectivity index (χ2n) is 7.28. The summed E-state index contributed by atoms with van der Waals surface area (Å²) in [5.41, 5.74) is 3.09. The maximum absolute atomic E-state index is 12.9. The molecule has 2 aliphatic heterocycles. The highest BCUT2D eigenvalue weighted by atomic mass is 16.6. The van der Waals surface area contributed by atoms with E-state index < -0.39 is 16.8 Å². The topological polar surface area (TPSA) is 132 Å². The Labute approximate surface area is 188 Å². The molecule has 2 aromatic carbocycles. The molecule has 33 heavy (non-hydrogen) atoms. The van der Waals surface area contributed by atoms with Crippen LogP contribution in [0.4, 0.5) is 17.1 Å². The van der Waals surface area contributed by atoms with E-state index in [1.165, 1.54) is 12.1 Å². The highest BCUT2D eigenvalue weighted by molar-refractivity contribution is 5.99. The zero-order chi connectivity index (χ0) is 23.5. The van der Waals surface area contributed by atoms with E-state index >= 15 is 0 Å². The van der Waals surface area contributed by atoms with E-state index in [1.54, 1.807) is 50.4 Å². The fourth-order valence-corrected chi connectivity index (χ4v) is 3.86. The number of non-ortho nitro benzene ring substituents is 1. The van der Waals surface area contributed by atoms with Gasteiger partial charge in [0.05, 0.1) is 28.5 Å². The van der Waals surface area contributed by atoms with Crippen LogP contribution in [0.15, 0.2) is 70.1 Å². The van der Waals surface area contributed by atoms with Crippen LogP contribution >= 0.6 is 0 Å². The number of nitrogens with zero attached hydrogens (tertiary/aromatic N) is 2. The number of hydrogen-bond acceptors (Lipinski definition) is 9. The van der Waals surface area contributed by atoms with Gasteiger partial charge in [-0.1, -0.05) is 12.1 Å². The number of esters is 1. The second-order valence-corrected chi connectivity index (χ2v) is 7.28. The lowest BCUT2D eigenvalue weighted by atomic mass is 9.81. The van der Waals surface area contributed by atoms with Crippen LogP contribution in [0, 0.1) is 10.1 Å². The molecule has 0 unspecified atom stereocenters. The number of rotatable bonds is 6. The lowest BCUT2D eigenvalue weighted by molar-refractivity contribution is -0.384. The van der Waals surface area contributed by atoms with Gasteiger partial charge in [-0.05, 0) is 31.5 Å². The fourth-order valence-electron chi connectivity index (χ4n) is 3.86. The van der Waals surface area contributed by atoms with Gasteiger partial charge in [-0.3, -0.25) is 19.9 Å². The van der Waals surface area contributed by atoms with E-state index in [-0.39, 0.29) is 12.3 Å². The summed E-state index contributed by atoms with van der Waals surface area (Å²) in [6.45, 7) is 3.96. The van der Waals surface area contributed by atoms with Crippen molar-refractivity contribution in [2.45, 2.75) is 19.8 Å². The summed E-state index contributed by atoms with van der Waals surface area (Å²) in [5, 5.41) is 17.9. The molecular formula is C23H20N4O6. The van der Waals surface area contributed by atoms with Gasteiger partial charge in [-0.15, -0.1) is 0 Å². The van der Waals surface area contributed by atoms with Gasteiger partial charge in [-0.2, -0.15) is 0 Å². The van der Waals surface area contributed by atoms with Crippen LogP contribution in [0.25, 0.3) is 0 Å². The highest BCUT2D eigenvalue weighted by Gasteiger charge is 2.36. The van der Waals surface area contributed by atoms with E-state index in [0.29, 0.717) is 51.8 Å². The molecule has 4 rings (SSSR count). The van der Waals surface area contributed by atoms with Crippen LogP contribution in [-0.4, -0.2) is 30.2 Å². The van der Waals surface area contributed by atoms with Crippen molar-refractivity contribution >= 4 is 35.7 Å². The summed E-state index contributed by atoms with van der Waals surface area (Å²) in [7, 11) is 0. The first kappa shape index (κ1) is 21.8. The number of carbonyl (C=O) groups is 2. The normalized spacial score (nSPS) is 16.6. The molecule has 10 nitrogen and oxygen atoms in total. The third kappa shape index (κ3) is 4.18. The molecule has 0 fully saturated rings. The number of nitrogens with one attached hydrogen (secondary N) is 2. The van der Waals surface area contributed by atoms with Crippen molar-refractivity contribution in [3.8, 4) is 5.75 Å². The lowest BCUT2D eigenvalue weighted by Gasteiger charge is -2.30. The Balaban J connectivity index is 1.85. The molecule has 10 heteroatoms. The smallest absolute Gasteiger partial charge is 0.336 e. The number of aliphatic imine (C=N–C) groups is 1. The molecule has 0 aliphatic carbocycles. The summed E-state index contributed by atoms with van der Waals surface area (Å²) in [6, 6.07) is 11.1. The number of ether oxygens (including phenoxy) is 2. The van der Waals surface area contributed by atoms with Crippen LogP contribution < -0.4 is 15.4 Å². The number of fused-ring (bicyclic) bond motifs is 1. The van der Waals surface area contributed by atoms with E-state index in [1.807, 2.05) is 0 Å². The molecule has 0 saturated heterocycles. The fraction of sp³-hybridized carbons (Fsp3) is 0.174. The van der Waals surface area contributed by atoms with E-state index in [0.717, 1.165) is 0 Å². The van der Waals surface area contributed by atoms with Crippen molar-refractivity contribution in [1.29, 1.82) is 0 Å². The number of anilines is 1. The minimum absolute atomic E-state index is 0.0912. The van der Waals surface area contributed by atoms with Gasteiger partial charge in [0.1, 0.15) is 11.6 Å². The molecule has 2 aliphatic rings. The third-order valence-corrected chi connectivity index (χ3v) is 5.27. The number of benzene rings is 2. The van der Waals surface area contributed by atoms with Crippen LogP contribution in [-0.2, 0) is 14.3 Å². The lowest BCUT2D eigenvalue weighted by Crippen LogP contribution is -2.33. The van der Waals surface area contributed by atoms with Crippen LogP contribution in [0.3, 0.4) is 0 Å². The van der Waals surface area contributed by atoms with E-state index in [9.17, 15) is 19.7 Å². The molecule has 2 aromatic rings. The first-order chi connectivity index (χ1) is 15.9. The van der Waals surface area contributed by atoms with E-state index in [4.69, 9.17) is 9.47 Å². The first-order valence-corrected chi connectivity index (χ1v) is 10.1. The molecule has 2 N–H and O–H groups in total. The average molecular weight is 448 g/mol. The van der Waals surface area contributed by atoms with Crippen molar-refractivity contribution in [3.63, 3.8) is 0 Å². The number of dihydropyridines is 1. The van der Waals surface area contributed by atoms with Gasteiger partial charge in [0.15, 0.2) is 0 Å². The Morgan fingerprint density at radius 1 is 1.24 bits per heavy atom.